The number of hydrogen-bond acceptors (Lipinski definition) is 4. The fourth-order valence-electron chi connectivity index (χ4n) is 2.40. The van der Waals surface area contributed by atoms with Gasteiger partial charge in [-0.3, -0.25) is 4.79 Å². The average Bonchev–Trinajstić information content (AvgIpc) is 2.79. The van der Waals surface area contributed by atoms with Crippen molar-refractivity contribution in [3.63, 3.8) is 0 Å². The second-order valence-corrected chi connectivity index (χ2v) is 4.86. The molecule has 2 aliphatic heterocycles. The number of hydrogen-bond donors (Lipinski definition) is 1. The van der Waals surface area contributed by atoms with Gasteiger partial charge in [-0.05, 0) is 24.3 Å². The van der Waals surface area contributed by atoms with Gasteiger partial charge in [-0.25, -0.2) is 0 Å². The molecule has 0 saturated carbocycles. The predicted molar refractivity (Wildman–Crippen MR) is 71.1 cm³/mol. The standard InChI is InChI=1S/C15H9F2NO4/c16-15(17)21-11-6-5-8(7-12(11)22-15)13-14(19)18-9-3-1-2-4-10(9)20-13/h1-7,13H,(H,18,19). The zero-order valence-electron chi connectivity index (χ0n) is 11.0. The van der Waals surface area contributed by atoms with E-state index in [-0.39, 0.29) is 17.4 Å². The Balaban J connectivity index is 1.68. The van der Waals surface area contributed by atoms with Crippen LogP contribution in [0, 0.1) is 0 Å². The summed E-state index contributed by atoms with van der Waals surface area (Å²) in [6, 6.07) is 11.1. The molecule has 1 unspecified atom stereocenters. The van der Waals surface area contributed by atoms with Crippen LogP contribution in [0.25, 0.3) is 0 Å². The van der Waals surface area contributed by atoms with Gasteiger partial charge in [0, 0.05) is 5.56 Å². The Hall–Kier alpha value is -2.83. The largest absolute Gasteiger partial charge is 0.586 e. The summed E-state index contributed by atoms with van der Waals surface area (Å²) in [4.78, 5) is 12.1. The summed E-state index contributed by atoms with van der Waals surface area (Å²) in [5, 5.41) is 2.71. The number of carbonyl (C=O) groups is 1. The number of carbonyl (C=O) groups excluding carboxylic acids is 1. The summed E-state index contributed by atoms with van der Waals surface area (Å²) in [6.07, 6.45) is -4.64. The Morgan fingerprint density at radius 2 is 1.77 bits per heavy atom. The molecule has 0 bridgehead atoms. The predicted octanol–water partition coefficient (Wildman–Crippen LogP) is 3.08. The number of amides is 1. The quantitative estimate of drug-likeness (QED) is 0.879. The summed E-state index contributed by atoms with van der Waals surface area (Å²) in [5.41, 5.74) is 0.961. The fraction of sp³-hybridized carbons (Fsp3) is 0.133. The van der Waals surface area contributed by atoms with Crippen molar-refractivity contribution < 1.29 is 27.8 Å². The van der Waals surface area contributed by atoms with Crippen molar-refractivity contribution in [1.29, 1.82) is 0 Å². The van der Waals surface area contributed by atoms with Crippen LogP contribution in [0.1, 0.15) is 11.7 Å². The SMILES string of the molecule is O=C1Nc2ccccc2OC1c1ccc2c(c1)OC(F)(F)O2. The van der Waals surface area contributed by atoms with E-state index in [2.05, 4.69) is 14.8 Å². The number of anilines is 1. The molecule has 0 aliphatic carbocycles. The number of para-hydroxylation sites is 2. The van der Waals surface area contributed by atoms with Crippen molar-refractivity contribution in [1.82, 2.24) is 0 Å². The van der Waals surface area contributed by atoms with E-state index in [9.17, 15) is 13.6 Å². The third-order valence-corrected chi connectivity index (χ3v) is 3.36. The maximum atomic E-state index is 13.0. The second-order valence-electron chi connectivity index (χ2n) is 4.86. The minimum absolute atomic E-state index is 0.0784. The maximum Gasteiger partial charge on any atom is 0.586 e. The Morgan fingerprint density at radius 3 is 2.64 bits per heavy atom. The smallest absolute Gasteiger partial charge is 0.474 e. The van der Waals surface area contributed by atoms with Crippen LogP contribution >= 0.6 is 0 Å². The Labute approximate surface area is 123 Å². The van der Waals surface area contributed by atoms with Gasteiger partial charge in [-0.1, -0.05) is 18.2 Å². The molecule has 0 aromatic heterocycles. The van der Waals surface area contributed by atoms with Crippen molar-refractivity contribution in [2.45, 2.75) is 12.4 Å². The zero-order valence-corrected chi connectivity index (χ0v) is 11.0. The van der Waals surface area contributed by atoms with Crippen molar-refractivity contribution in [2.75, 3.05) is 5.32 Å². The van der Waals surface area contributed by atoms with Crippen molar-refractivity contribution in [3.05, 3.63) is 48.0 Å². The summed E-state index contributed by atoms with van der Waals surface area (Å²) in [5.74, 6) is -0.0810. The highest BCUT2D eigenvalue weighted by Crippen LogP contribution is 2.43. The number of ether oxygens (including phenoxy) is 3. The highest BCUT2D eigenvalue weighted by molar-refractivity contribution is 5.98. The van der Waals surface area contributed by atoms with Crippen LogP contribution in [0.3, 0.4) is 0 Å². The highest BCUT2D eigenvalue weighted by Gasteiger charge is 2.44. The first kappa shape index (κ1) is 12.9. The van der Waals surface area contributed by atoms with Gasteiger partial charge < -0.3 is 19.5 Å². The van der Waals surface area contributed by atoms with Crippen LogP contribution in [0.15, 0.2) is 42.5 Å². The Bertz CT molecular complexity index is 778. The van der Waals surface area contributed by atoms with E-state index >= 15 is 0 Å². The van der Waals surface area contributed by atoms with Gasteiger partial charge in [-0.15, -0.1) is 8.78 Å². The van der Waals surface area contributed by atoms with E-state index in [1.807, 2.05) is 0 Å². The number of fused-ring (bicyclic) bond motifs is 2. The fourth-order valence-corrected chi connectivity index (χ4v) is 2.40. The molecule has 2 aliphatic rings. The average molecular weight is 305 g/mol. The molecule has 112 valence electrons. The van der Waals surface area contributed by atoms with Gasteiger partial charge in [0.05, 0.1) is 5.69 Å². The van der Waals surface area contributed by atoms with Gasteiger partial charge in [-0.2, -0.15) is 0 Å². The molecule has 7 heteroatoms. The summed E-state index contributed by atoms with van der Waals surface area (Å²) < 4.78 is 40.4. The minimum Gasteiger partial charge on any atom is -0.474 e. The molecular formula is C15H9F2NO4. The summed E-state index contributed by atoms with van der Waals surface area (Å²) in [7, 11) is 0. The van der Waals surface area contributed by atoms with E-state index < -0.39 is 12.4 Å². The molecule has 0 spiro atoms. The van der Waals surface area contributed by atoms with Crippen molar-refractivity contribution in [2.24, 2.45) is 0 Å². The lowest BCUT2D eigenvalue weighted by Crippen LogP contribution is -2.30. The highest BCUT2D eigenvalue weighted by atomic mass is 19.3. The molecule has 1 N–H and O–H groups in total. The summed E-state index contributed by atoms with van der Waals surface area (Å²) >= 11 is 0. The molecular weight excluding hydrogens is 296 g/mol. The van der Waals surface area contributed by atoms with Gasteiger partial charge >= 0.3 is 6.29 Å². The molecule has 5 nitrogen and oxygen atoms in total. The molecule has 0 saturated heterocycles. The maximum absolute atomic E-state index is 13.0. The van der Waals surface area contributed by atoms with Crippen molar-refractivity contribution >= 4 is 11.6 Å². The molecule has 2 aromatic rings. The molecule has 1 amide bonds. The molecule has 4 rings (SSSR count). The summed E-state index contributed by atoms with van der Waals surface area (Å²) in [6.45, 7) is 0. The van der Waals surface area contributed by atoms with E-state index in [4.69, 9.17) is 4.74 Å². The number of halogens is 2. The molecule has 0 fully saturated rings. The van der Waals surface area contributed by atoms with E-state index in [0.29, 0.717) is 17.0 Å². The van der Waals surface area contributed by atoms with Crippen LogP contribution in [-0.4, -0.2) is 12.2 Å². The number of rotatable bonds is 1. The number of benzene rings is 2. The first-order valence-electron chi connectivity index (χ1n) is 6.48. The van der Waals surface area contributed by atoms with Crippen LogP contribution in [-0.2, 0) is 4.79 Å². The van der Waals surface area contributed by atoms with Gasteiger partial charge in [0.2, 0.25) is 6.10 Å². The monoisotopic (exact) mass is 305 g/mol. The zero-order chi connectivity index (χ0) is 15.3. The normalized spacial score (nSPS) is 20.8. The molecule has 2 heterocycles. The van der Waals surface area contributed by atoms with Crippen LogP contribution in [0.4, 0.5) is 14.5 Å². The van der Waals surface area contributed by atoms with E-state index in [1.165, 1.54) is 18.2 Å². The second kappa shape index (κ2) is 4.33. The van der Waals surface area contributed by atoms with Gasteiger partial charge in [0.15, 0.2) is 11.5 Å². The van der Waals surface area contributed by atoms with Crippen LogP contribution in [0.2, 0.25) is 0 Å². The number of alkyl halides is 2. The molecule has 1 atom stereocenters. The Morgan fingerprint density at radius 1 is 1.00 bits per heavy atom. The lowest BCUT2D eigenvalue weighted by Gasteiger charge is -2.26. The first-order valence-corrected chi connectivity index (χ1v) is 6.48. The first-order chi connectivity index (χ1) is 10.5. The van der Waals surface area contributed by atoms with Gasteiger partial charge in [0.1, 0.15) is 5.75 Å². The topological polar surface area (TPSA) is 56.8 Å². The molecule has 22 heavy (non-hydrogen) atoms. The molecule has 0 radical (unpaired) electrons. The molecule has 2 aromatic carbocycles. The van der Waals surface area contributed by atoms with Gasteiger partial charge in [0.25, 0.3) is 5.91 Å². The number of nitrogens with one attached hydrogen (secondary N) is 1. The third-order valence-electron chi connectivity index (χ3n) is 3.36. The lowest BCUT2D eigenvalue weighted by molar-refractivity contribution is -0.286. The lowest BCUT2D eigenvalue weighted by atomic mass is 10.1. The minimum atomic E-state index is -3.69. The van der Waals surface area contributed by atoms with E-state index in [0.717, 1.165) is 0 Å². The van der Waals surface area contributed by atoms with Crippen molar-refractivity contribution in [3.8, 4) is 17.2 Å². The Kier molecular flexibility index (Phi) is 2.53. The van der Waals surface area contributed by atoms with E-state index in [1.54, 1.807) is 24.3 Å². The van der Waals surface area contributed by atoms with Crippen LogP contribution in [0.5, 0.6) is 17.2 Å². The van der Waals surface area contributed by atoms with Crippen LogP contribution < -0.4 is 19.5 Å². The third kappa shape index (κ3) is 2.02.